The summed E-state index contributed by atoms with van der Waals surface area (Å²) >= 11 is 2.33. The van der Waals surface area contributed by atoms with Crippen LogP contribution in [0.4, 0.5) is 5.82 Å². The van der Waals surface area contributed by atoms with E-state index in [1.54, 1.807) is 0 Å². The number of nitrogens with one attached hydrogen (secondary N) is 1. The van der Waals surface area contributed by atoms with Crippen molar-refractivity contribution in [2.75, 3.05) is 12.4 Å². The Labute approximate surface area is 140 Å². The summed E-state index contributed by atoms with van der Waals surface area (Å²) in [6, 6.07) is 8.50. The molecule has 4 heteroatoms. The first-order valence-corrected chi connectivity index (χ1v) is 8.29. The molecule has 1 aromatic heterocycles. The van der Waals surface area contributed by atoms with E-state index in [1.165, 1.54) is 5.56 Å². The first-order valence-electron chi connectivity index (χ1n) is 7.22. The lowest BCUT2D eigenvalue weighted by atomic mass is 9.91. The normalized spacial score (nSPS) is 11.5. The molecule has 0 radical (unpaired) electrons. The maximum Gasteiger partial charge on any atom is 0.161 e. The Kier molecular flexibility index (Phi) is 4.86. The average molecular weight is 395 g/mol. The number of nitrogens with zero attached hydrogens (tertiary/aromatic N) is 2. The molecule has 0 aliphatic heterocycles. The first-order chi connectivity index (χ1) is 9.86. The van der Waals surface area contributed by atoms with Gasteiger partial charge in [0.15, 0.2) is 5.82 Å². The van der Waals surface area contributed by atoms with E-state index in [1.807, 2.05) is 7.05 Å². The van der Waals surface area contributed by atoms with E-state index in [2.05, 4.69) is 84.9 Å². The van der Waals surface area contributed by atoms with E-state index in [4.69, 9.17) is 4.98 Å². The molecular weight excluding hydrogens is 373 g/mol. The maximum absolute atomic E-state index is 4.82. The Morgan fingerprint density at radius 2 is 1.71 bits per heavy atom. The molecule has 0 bridgehead atoms. The van der Waals surface area contributed by atoms with Crippen LogP contribution in [0.1, 0.15) is 39.0 Å². The summed E-state index contributed by atoms with van der Waals surface area (Å²) in [6.45, 7) is 8.70. The van der Waals surface area contributed by atoms with Crippen molar-refractivity contribution in [3.63, 3.8) is 0 Å². The summed E-state index contributed by atoms with van der Waals surface area (Å²) in [7, 11) is 1.90. The molecule has 1 N–H and O–H groups in total. The van der Waals surface area contributed by atoms with Crippen LogP contribution in [-0.4, -0.2) is 17.0 Å². The minimum absolute atomic E-state index is 0.0107. The number of hydrogen-bond acceptors (Lipinski definition) is 3. The van der Waals surface area contributed by atoms with Crippen LogP contribution in [0.3, 0.4) is 0 Å². The van der Waals surface area contributed by atoms with Crippen LogP contribution < -0.4 is 5.32 Å². The van der Waals surface area contributed by atoms with Crippen molar-refractivity contribution in [2.45, 2.75) is 39.5 Å². The molecule has 0 atom stereocenters. The summed E-state index contributed by atoms with van der Waals surface area (Å²) in [5, 5.41) is 3.18. The molecule has 0 fully saturated rings. The van der Waals surface area contributed by atoms with Crippen molar-refractivity contribution >= 4 is 28.4 Å². The van der Waals surface area contributed by atoms with Crippen LogP contribution in [0.25, 0.3) is 11.4 Å². The molecule has 0 spiro atoms. The van der Waals surface area contributed by atoms with E-state index in [-0.39, 0.29) is 5.41 Å². The van der Waals surface area contributed by atoms with Gasteiger partial charge in [0.05, 0.1) is 9.26 Å². The van der Waals surface area contributed by atoms with E-state index in [0.717, 1.165) is 32.9 Å². The summed E-state index contributed by atoms with van der Waals surface area (Å²) < 4.78 is 1.09. The van der Waals surface area contributed by atoms with Gasteiger partial charge in [-0.3, -0.25) is 0 Å². The highest BCUT2D eigenvalue weighted by molar-refractivity contribution is 14.1. The second kappa shape index (κ2) is 6.30. The monoisotopic (exact) mass is 395 g/mol. The van der Waals surface area contributed by atoms with Gasteiger partial charge in [-0.15, -0.1) is 0 Å². The van der Waals surface area contributed by atoms with Crippen LogP contribution in [0.5, 0.6) is 0 Å². The Hall–Kier alpha value is -1.17. The molecule has 0 unspecified atom stereocenters. The summed E-state index contributed by atoms with van der Waals surface area (Å²) in [5.74, 6) is 1.68. The molecule has 1 heterocycles. The van der Waals surface area contributed by atoms with Crippen molar-refractivity contribution in [2.24, 2.45) is 0 Å². The number of aromatic nitrogens is 2. The predicted molar refractivity (Wildman–Crippen MR) is 97.8 cm³/mol. The second-order valence-electron chi connectivity index (χ2n) is 6.11. The zero-order valence-corrected chi connectivity index (χ0v) is 15.4. The Morgan fingerprint density at radius 3 is 2.19 bits per heavy atom. The van der Waals surface area contributed by atoms with Gasteiger partial charge in [-0.05, 0) is 34.6 Å². The van der Waals surface area contributed by atoms with Crippen LogP contribution in [0.15, 0.2) is 24.3 Å². The molecule has 21 heavy (non-hydrogen) atoms. The molecule has 0 aliphatic carbocycles. The van der Waals surface area contributed by atoms with Gasteiger partial charge < -0.3 is 5.32 Å². The number of aryl methyl sites for hydroxylation is 1. The molecule has 3 nitrogen and oxygen atoms in total. The molecule has 2 rings (SSSR count). The minimum atomic E-state index is -0.0107. The highest BCUT2D eigenvalue weighted by atomic mass is 127. The third-order valence-electron chi connectivity index (χ3n) is 3.42. The Balaban J connectivity index is 2.58. The fourth-order valence-electron chi connectivity index (χ4n) is 2.13. The van der Waals surface area contributed by atoms with Crippen molar-refractivity contribution < 1.29 is 0 Å². The van der Waals surface area contributed by atoms with Gasteiger partial charge in [0.25, 0.3) is 0 Å². The Bertz CT molecular complexity index is 628. The molecule has 1 aromatic carbocycles. The van der Waals surface area contributed by atoms with Gasteiger partial charge in [0, 0.05) is 18.0 Å². The summed E-state index contributed by atoms with van der Waals surface area (Å²) in [6.07, 6.45) is 1.04. The quantitative estimate of drug-likeness (QED) is 0.769. The van der Waals surface area contributed by atoms with Gasteiger partial charge >= 0.3 is 0 Å². The van der Waals surface area contributed by atoms with Crippen LogP contribution >= 0.6 is 22.6 Å². The van der Waals surface area contributed by atoms with Gasteiger partial charge in [-0.1, -0.05) is 52.0 Å². The maximum atomic E-state index is 4.82. The number of anilines is 1. The third-order valence-corrected chi connectivity index (χ3v) is 4.44. The van der Waals surface area contributed by atoms with Crippen molar-refractivity contribution in [1.82, 2.24) is 9.97 Å². The number of rotatable bonds is 3. The fraction of sp³-hybridized carbons (Fsp3) is 0.412. The number of halogens is 1. The van der Waals surface area contributed by atoms with Gasteiger partial charge in [0.1, 0.15) is 5.82 Å². The lowest BCUT2D eigenvalue weighted by Crippen LogP contribution is -2.18. The standard InChI is InChI=1S/C17H22IN3/c1-6-11-7-9-12(10-8-11)15-20-14(17(2,3)4)13(18)16(19-5)21-15/h7-10H,6H2,1-5H3,(H,19,20,21). The van der Waals surface area contributed by atoms with Crippen molar-refractivity contribution in [3.8, 4) is 11.4 Å². The summed E-state index contributed by atoms with van der Waals surface area (Å²) in [4.78, 5) is 9.48. The lowest BCUT2D eigenvalue weighted by molar-refractivity contribution is 0.564. The molecule has 0 aliphatic rings. The molecule has 2 aromatic rings. The largest absolute Gasteiger partial charge is 0.372 e. The smallest absolute Gasteiger partial charge is 0.161 e. The highest BCUT2D eigenvalue weighted by Crippen LogP contribution is 2.31. The molecule has 112 valence electrons. The van der Waals surface area contributed by atoms with E-state index in [0.29, 0.717) is 0 Å². The highest BCUT2D eigenvalue weighted by Gasteiger charge is 2.23. The van der Waals surface area contributed by atoms with Crippen molar-refractivity contribution in [1.29, 1.82) is 0 Å². The average Bonchev–Trinajstić information content (AvgIpc) is 2.46. The lowest BCUT2D eigenvalue weighted by Gasteiger charge is -2.21. The zero-order valence-electron chi connectivity index (χ0n) is 13.3. The number of benzene rings is 1. The van der Waals surface area contributed by atoms with Gasteiger partial charge in [-0.2, -0.15) is 0 Å². The molecule has 0 saturated carbocycles. The molecule has 0 saturated heterocycles. The van der Waals surface area contributed by atoms with Gasteiger partial charge in [-0.25, -0.2) is 9.97 Å². The van der Waals surface area contributed by atoms with Crippen LogP contribution in [-0.2, 0) is 11.8 Å². The van der Waals surface area contributed by atoms with Crippen molar-refractivity contribution in [3.05, 3.63) is 39.1 Å². The van der Waals surface area contributed by atoms with E-state index >= 15 is 0 Å². The SMILES string of the molecule is CCc1ccc(-c2nc(NC)c(I)c(C(C)(C)C)n2)cc1. The minimum Gasteiger partial charge on any atom is -0.372 e. The second-order valence-corrected chi connectivity index (χ2v) is 7.19. The molecular formula is C17H22IN3. The summed E-state index contributed by atoms with van der Waals surface area (Å²) in [5.41, 5.74) is 3.46. The van der Waals surface area contributed by atoms with Crippen LogP contribution in [0, 0.1) is 3.57 Å². The predicted octanol–water partition coefficient (Wildman–Crippen LogP) is 4.65. The Morgan fingerprint density at radius 1 is 1.10 bits per heavy atom. The number of hydrogen-bond donors (Lipinski definition) is 1. The fourth-order valence-corrected chi connectivity index (χ4v) is 3.45. The third kappa shape index (κ3) is 3.54. The van der Waals surface area contributed by atoms with Crippen LogP contribution in [0.2, 0.25) is 0 Å². The van der Waals surface area contributed by atoms with E-state index in [9.17, 15) is 0 Å². The van der Waals surface area contributed by atoms with Gasteiger partial charge in [0.2, 0.25) is 0 Å². The first kappa shape index (κ1) is 16.2. The zero-order chi connectivity index (χ0) is 15.6. The van der Waals surface area contributed by atoms with E-state index < -0.39 is 0 Å². The topological polar surface area (TPSA) is 37.8 Å². The molecule has 0 amide bonds.